The van der Waals surface area contributed by atoms with Crippen molar-refractivity contribution >= 4 is 11.8 Å². The predicted octanol–water partition coefficient (Wildman–Crippen LogP) is 0.818. The number of carbonyl (C=O) groups excluding carboxylic acids is 2. The van der Waals surface area contributed by atoms with E-state index in [0.717, 1.165) is 45.2 Å². The lowest BCUT2D eigenvalue weighted by atomic mass is 10.0. The number of hydrogen-bond donors (Lipinski definition) is 1. The summed E-state index contributed by atoms with van der Waals surface area (Å²) in [5.74, 6) is 0.00853. The van der Waals surface area contributed by atoms with E-state index in [4.69, 9.17) is 0 Å². The Bertz CT molecular complexity index is 668. The molecule has 1 aliphatic carbocycles. The van der Waals surface area contributed by atoms with E-state index in [9.17, 15) is 9.59 Å². The van der Waals surface area contributed by atoms with Crippen LogP contribution in [0.5, 0.6) is 0 Å². The van der Waals surface area contributed by atoms with Gasteiger partial charge in [0.15, 0.2) is 5.69 Å². The van der Waals surface area contributed by atoms with Crippen LogP contribution in [-0.4, -0.2) is 75.4 Å². The summed E-state index contributed by atoms with van der Waals surface area (Å²) < 4.78 is 1.85. The van der Waals surface area contributed by atoms with Crippen molar-refractivity contribution in [2.75, 3.05) is 26.7 Å². The molecule has 0 bridgehead atoms. The smallest absolute Gasteiger partial charge is 0.276 e. The Morgan fingerprint density at radius 1 is 1.15 bits per heavy atom. The van der Waals surface area contributed by atoms with Crippen molar-refractivity contribution < 1.29 is 9.59 Å². The lowest BCUT2D eigenvalue weighted by molar-refractivity contribution is -0.125. The molecule has 3 aliphatic rings. The van der Waals surface area contributed by atoms with Crippen molar-refractivity contribution in [1.29, 1.82) is 0 Å². The molecule has 1 unspecified atom stereocenters. The van der Waals surface area contributed by atoms with E-state index < -0.39 is 0 Å². The first-order valence-corrected chi connectivity index (χ1v) is 9.84. The van der Waals surface area contributed by atoms with Crippen LogP contribution in [0.25, 0.3) is 0 Å². The Morgan fingerprint density at radius 3 is 2.62 bits per heavy atom. The first-order valence-electron chi connectivity index (χ1n) is 9.84. The predicted molar refractivity (Wildman–Crippen MR) is 95.6 cm³/mol. The van der Waals surface area contributed by atoms with E-state index in [-0.39, 0.29) is 23.9 Å². The summed E-state index contributed by atoms with van der Waals surface area (Å²) in [5.41, 5.74) is 0.420. The van der Waals surface area contributed by atoms with Gasteiger partial charge >= 0.3 is 0 Å². The maximum Gasteiger partial charge on any atom is 0.276 e. The van der Waals surface area contributed by atoms with Gasteiger partial charge in [-0.1, -0.05) is 18.1 Å². The van der Waals surface area contributed by atoms with E-state index in [2.05, 4.69) is 20.5 Å². The summed E-state index contributed by atoms with van der Waals surface area (Å²) >= 11 is 0. The Labute approximate surface area is 153 Å². The van der Waals surface area contributed by atoms with Gasteiger partial charge in [-0.2, -0.15) is 0 Å². The van der Waals surface area contributed by atoms with Gasteiger partial charge in [-0.3, -0.25) is 14.5 Å². The molecule has 8 heteroatoms. The standard InChI is InChI=1S/C18H28N6O2/c1-22-9-4-7-16(22)17(25)19-11-14-8-10-23(14)18(26)15-12-24(21-20-15)13-5-2-3-6-13/h12-14,16H,2-11H2,1H3,(H,19,25)/t14?,16-/m1/s1. The van der Waals surface area contributed by atoms with E-state index >= 15 is 0 Å². The molecule has 3 fully saturated rings. The zero-order chi connectivity index (χ0) is 18.1. The van der Waals surface area contributed by atoms with Gasteiger partial charge in [0, 0.05) is 13.1 Å². The molecule has 1 saturated carbocycles. The van der Waals surface area contributed by atoms with Crippen molar-refractivity contribution in [3.05, 3.63) is 11.9 Å². The topological polar surface area (TPSA) is 83.4 Å². The molecule has 2 aliphatic heterocycles. The van der Waals surface area contributed by atoms with Gasteiger partial charge in [-0.25, -0.2) is 4.68 Å². The third kappa shape index (κ3) is 3.34. The van der Waals surface area contributed by atoms with Crippen LogP contribution in [0, 0.1) is 0 Å². The average molecular weight is 360 g/mol. The van der Waals surface area contributed by atoms with Gasteiger partial charge in [0.25, 0.3) is 5.91 Å². The van der Waals surface area contributed by atoms with Crippen molar-refractivity contribution in [2.45, 2.75) is 63.1 Å². The SMILES string of the molecule is CN1CCC[C@@H]1C(=O)NCC1CCN1C(=O)c1cn(C2CCCC2)nn1. The second-order valence-corrected chi connectivity index (χ2v) is 7.85. The Kier molecular flexibility index (Phi) is 4.93. The van der Waals surface area contributed by atoms with E-state index in [1.54, 1.807) is 6.20 Å². The number of nitrogens with zero attached hydrogens (tertiary/aromatic N) is 5. The molecular formula is C18H28N6O2. The molecule has 3 heterocycles. The summed E-state index contributed by atoms with van der Waals surface area (Å²) in [6.07, 6.45) is 9.37. The number of hydrogen-bond acceptors (Lipinski definition) is 5. The average Bonchev–Trinajstić information content (AvgIpc) is 3.34. The van der Waals surface area contributed by atoms with Crippen molar-refractivity contribution in [1.82, 2.24) is 30.1 Å². The summed E-state index contributed by atoms with van der Waals surface area (Å²) in [4.78, 5) is 28.9. The van der Waals surface area contributed by atoms with Gasteiger partial charge in [0.2, 0.25) is 5.91 Å². The highest BCUT2D eigenvalue weighted by Crippen LogP contribution is 2.29. The Morgan fingerprint density at radius 2 is 1.96 bits per heavy atom. The van der Waals surface area contributed by atoms with Gasteiger partial charge < -0.3 is 10.2 Å². The third-order valence-electron chi connectivity index (χ3n) is 6.17. The first-order chi connectivity index (χ1) is 12.6. The van der Waals surface area contributed by atoms with Crippen LogP contribution in [0.1, 0.15) is 61.5 Å². The maximum atomic E-state index is 12.7. The molecule has 1 aromatic rings. The third-order valence-corrected chi connectivity index (χ3v) is 6.17. The molecule has 0 aromatic carbocycles. The lowest BCUT2D eigenvalue weighted by Crippen LogP contribution is -2.57. The summed E-state index contributed by atoms with van der Waals surface area (Å²) in [7, 11) is 1.99. The van der Waals surface area contributed by atoms with Crippen LogP contribution in [0.15, 0.2) is 6.20 Å². The number of amides is 2. The van der Waals surface area contributed by atoms with Crippen molar-refractivity contribution in [3.63, 3.8) is 0 Å². The molecular weight excluding hydrogens is 332 g/mol. The van der Waals surface area contributed by atoms with Crippen LogP contribution in [0.2, 0.25) is 0 Å². The molecule has 2 amide bonds. The van der Waals surface area contributed by atoms with Crippen molar-refractivity contribution in [3.8, 4) is 0 Å². The van der Waals surface area contributed by atoms with Crippen LogP contribution in [0.3, 0.4) is 0 Å². The normalized spacial score (nSPS) is 26.9. The van der Waals surface area contributed by atoms with Crippen LogP contribution < -0.4 is 5.32 Å². The lowest BCUT2D eigenvalue weighted by Gasteiger charge is -2.40. The molecule has 0 spiro atoms. The number of aromatic nitrogens is 3. The number of likely N-dealkylation sites (tertiary alicyclic amines) is 2. The van der Waals surface area contributed by atoms with E-state index in [1.807, 2.05) is 16.6 Å². The number of rotatable bonds is 5. The van der Waals surface area contributed by atoms with E-state index in [0.29, 0.717) is 18.3 Å². The minimum absolute atomic E-state index is 0.0226. The highest BCUT2D eigenvalue weighted by atomic mass is 16.2. The molecule has 26 heavy (non-hydrogen) atoms. The Balaban J connectivity index is 1.30. The minimum Gasteiger partial charge on any atom is -0.353 e. The fourth-order valence-electron chi connectivity index (χ4n) is 4.37. The molecule has 142 valence electrons. The zero-order valence-corrected chi connectivity index (χ0v) is 15.4. The fourth-order valence-corrected chi connectivity index (χ4v) is 4.37. The largest absolute Gasteiger partial charge is 0.353 e. The molecule has 1 aromatic heterocycles. The fraction of sp³-hybridized carbons (Fsp3) is 0.778. The highest BCUT2D eigenvalue weighted by Gasteiger charge is 2.35. The summed E-state index contributed by atoms with van der Waals surface area (Å²) in [6.45, 7) is 2.22. The minimum atomic E-state index is -0.0715. The quantitative estimate of drug-likeness (QED) is 0.840. The number of carbonyl (C=O) groups is 2. The second-order valence-electron chi connectivity index (χ2n) is 7.85. The maximum absolute atomic E-state index is 12.7. The van der Waals surface area contributed by atoms with Crippen LogP contribution in [-0.2, 0) is 4.79 Å². The van der Waals surface area contributed by atoms with Gasteiger partial charge in [-0.05, 0) is 45.7 Å². The van der Waals surface area contributed by atoms with Gasteiger partial charge in [-0.15, -0.1) is 5.10 Å². The van der Waals surface area contributed by atoms with Crippen LogP contribution in [0.4, 0.5) is 0 Å². The summed E-state index contributed by atoms with van der Waals surface area (Å²) in [5, 5.41) is 11.3. The molecule has 2 saturated heterocycles. The van der Waals surface area contributed by atoms with Crippen molar-refractivity contribution in [2.24, 2.45) is 0 Å². The molecule has 2 atom stereocenters. The Hall–Kier alpha value is -1.96. The van der Waals surface area contributed by atoms with Gasteiger partial charge in [0.1, 0.15) is 0 Å². The number of likely N-dealkylation sites (N-methyl/N-ethyl adjacent to an activating group) is 1. The van der Waals surface area contributed by atoms with Crippen LogP contribution >= 0.6 is 0 Å². The summed E-state index contributed by atoms with van der Waals surface area (Å²) in [6, 6.07) is 0.430. The second kappa shape index (κ2) is 7.34. The number of nitrogens with one attached hydrogen (secondary N) is 1. The highest BCUT2D eigenvalue weighted by molar-refractivity contribution is 5.92. The zero-order valence-electron chi connectivity index (χ0n) is 15.4. The van der Waals surface area contributed by atoms with Gasteiger partial charge in [0.05, 0.1) is 24.3 Å². The monoisotopic (exact) mass is 360 g/mol. The first kappa shape index (κ1) is 17.5. The molecule has 8 nitrogen and oxygen atoms in total. The molecule has 0 radical (unpaired) electrons. The molecule has 1 N–H and O–H groups in total. The molecule has 4 rings (SSSR count). The van der Waals surface area contributed by atoms with E-state index in [1.165, 1.54) is 12.8 Å².